The van der Waals surface area contributed by atoms with Crippen LogP contribution in [-0.4, -0.2) is 67.5 Å². The third kappa shape index (κ3) is 5.13. The van der Waals surface area contributed by atoms with E-state index in [4.69, 9.17) is 5.11 Å². The molecule has 10 nitrogen and oxygen atoms in total. The highest BCUT2D eigenvalue weighted by molar-refractivity contribution is 5.99. The quantitative estimate of drug-likeness (QED) is 0.473. The normalized spacial score (nSPS) is 15.6. The van der Waals surface area contributed by atoms with Crippen molar-refractivity contribution in [2.75, 3.05) is 13.1 Å². The molecule has 0 bridgehead atoms. The van der Waals surface area contributed by atoms with Crippen LogP contribution in [0.4, 0.5) is 0 Å². The summed E-state index contributed by atoms with van der Waals surface area (Å²) in [6.07, 6.45) is 2.92. The van der Waals surface area contributed by atoms with Crippen molar-refractivity contribution in [2.24, 2.45) is 0 Å². The van der Waals surface area contributed by atoms with Gasteiger partial charge in [0.05, 0.1) is 17.5 Å². The van der Waals surface area contributed by atoms with Crippen molar-refractivity contribution in [3.8, 4) is 0 Å². The van der Waals surface area contributed by atoms with Crippen LogP contribution in [0.1, 0.15) is 41.9 Å². The van der Waals surface area contributed by atoms with E-state index < -0.39 is 18.0 Å². The van der Waals surface area contributed by atoms with Crippen molar-refractivity contribution in [1.29, 1.82) is 0 Å². The molecule has 3 N–H and O–H groups in total. The number of imidazole rings is 1. The van der Waals surface area contributed by atoms with E-state index >= 15 is 0 Å². The van der Waals surface area contributed by atoms with Crippen LogP contribution in [0.25, 0.3) is 11.0 Å². The van der Waals surface area contributed by atoms with Gasteiger partial charge in [-0.25, -0.2) is 9.78 Å². The van der Waals surface area contributed by atoms with E-state index in [2.05, 4.69) is 16.9 Å². The molecule has 2 amide bonds. The van der Waals surface area contributed by atoms with Crippen LogP contribution in [-0.2, 0) is 27.3 Å². The lowest BCUT2D eigenvalue weighted by Crippen LogP contribution is -2.40. The van der Waals surface area contributed by atoms with E-state index in [1.165, 1.54) is 4.90 Å². The third-order valence-electron chi connectivity index (χ3n) is 5.42. The summed E-state index contributed by atoms with van der Waals surface area (Å²) in [6, 6.07) is 4.29. The fourth-order valence-corrected chi connectivity index (χ4v) is 3.89. The number of rotatable bonds is 10. The standard InChI is InChI=1S/C22H26N4O6/c1-2-11-25-16-6-5-14(21(30)26-12-3-4-17(26)22(31)32)13-15(16)24-18(25)9-10-23-19(27)7-8-20(28)29/h2,5-6,13,17H,1,3-4,7-12H2,(H,23,27)(H,28,29)(H,31,32). The molecule has 1 saturated heterocycles. The zero-order valence-electron chi connectivity index (χ0n) is 17.6. The van der Waals surface area contributed by atoms with Crippen LogP contribution >= 0.6 is 0 Å². The SMILES string of the molecule is C=CCn1c(CCNC(=O)CCC(=O)O)nc2cc(C(=O)N3CCCC3C(=O)O)ccc21. The molecule has 32 heavy (non-hydrogen) atoms. The number of carbonyl (C=O) groups excluding carboxylic acids is 2. The molecule has 2 heterocycles. The minimum Gasteiger partial charge on any atom is -0.481 e. The molecular weight excluding hydrogens is 416 g/mol. The number of fused-ring (bicyclic) bond motifs is 1. The van der Waals surface area contributed by atoms with E-state index in [-0.39, 0.29) is 24.7 Å². The van der Waals surface area contributed by atoms with Gasteiger partial charge in [-0.05, 0) is 31.0 Å². The first kappa shape index (κ1) is 23.0. The first-order valence-electron chi connectivity index (χ1n) is 10.4. The van der Waals surface area contributed by atoms with Gasteiger partial charge in [0.2, 0.25) is 5.91 Å². The van der Waals surface area contributed by atoms with Crippen molar-refractivity contribution in [3.05, 3.63) is 42.2 Å². The Balaban J connectivity index is 1.77. The molecule has 1 unspecified atom stereocenters. The lowest BCUT2D eigenvalue weighted by Gasteiger charge is -2.21. The lowest BCUT2D eigenvalue weighted by atomic mass is 10.1. The summed E-state index contributed by atoms with van der Waals surface area (Å²) < 4.78 is 1.93. The molecule has 0 aliphatic carbocycles. The largest absolute Gasteiger partial charge is 0.481 e. The number of carboxylic acid groups (broad SMARTS) is 2. The Hall–Kier alpha value is -3.69. The van der Waals surface area contributed by atoms with Gasteiger partial charge in [-0.1, -0.05) is 6.08 Å². The highest BCUT2D eigenvalue weighted by atomic mass is 16.4. The minimum atomic E-state index is -1.03. The lowest BCUT2D eigenvalue weighted by molar-refractivity contribution is -0.141. The van der Waals surface area contributed by atoms with Gasteiger partial charge in [0.1, 0.15) is 11.9 Å². The Morgan fingerprint density at radius 1 is 1.22 bits per heavy atom. The number of amides is 2. The predicted octanol–water partition coefficient (Wildman–Crippen LogP) is 1.44. The molecule has 1 atom stereocenters. The molecular formula is C22H26N4O6. The molecule has 1 aliphatic rings. The monoisotopic (exact) mass is 442 g/mol. The van der Waals surface area contributed by atoms with Gasteiger partial charge in [0.25, 0.3) is 5.91 Å². The maximum Gasteiger partial charge on any atom is 0.326 e. The molecule has 1 aliphatic heterocycles. The maximum absolute atomic E-state index is 12.9. The average molecular weight is 442 g/mol. The Bertz CT molecular complexity index is 1060. The zero-order chi connectivity index (χ0) is 23.3. The Labute approximate surface area is 184 Å². The second-order valence-electron chi connectivity index (χ2n) is 7.62. The number of aromatic nitrogens is 2. The number of hydrogen-bond donors (Lipinski definition) is 3. The summed E-state index contributed by atoms with van der Waals surface area (Å²) >= 11 is 0. The Kier molecular flexibility index (Phi) is 7.24. The fourth-order valence-electron chi connectivity index (χ4n) is 3.89. The Morgan fingerprint density at radius 2 is 2.00 bits per heavy atom. The number of carboxylic acids is 2. The van der Waals surface area contributed by atoms with Crippen molar-refractivity contribution >= 4 is 34.8 Å². The average Bonchev–Trinajstić information content (AvgIpc) is 3.37. The number of nitrogens with zero attached hydrogens (tertiary/aromatic N) is 3. The number of likely N-dealkylation sites (tertiary alicyclic amines) is 1. The van der Waals surface area contributed by atoms with Crippen LogP contribution < -0.4 is 5.32 Å². The van der Waals surface area contributed by atoms with Crippen molar-refractivity contribution in [2.45, 2.75) is 44.7 Å². The number of hydrogen-bond acceptors (Lipinski definition) is 5. The molecule has 2 aromatic rings. The maximum atomic E-state index is 12.9. The molecule has 170 valence electrons. The zero-order valence-corrected chi connectivity index (χ0v) is 17.6. The van der Waals surface area contributed by atoms with E-state index in [1.807, 2.05) is 4.57 Å². The summed E-state index contributed by atoms with van der Waals surface area (Å²) in [5, 5.41) is 20.7. The van der Waals surface area contributed by atoms with Crippen molar-refractivity contribution in [1.82, 2.24) is 19.8 Å². The number of aliphatic carboxylic acids is 2. The predicted molar refractivity (Wildman–Crippen MR) is 115 cm³/mol. The Morgan fingerprint density at radius 3 is 2.69 bits per heavy atom. The summed E-state index contributed by atoms with van der Waals surface area (Å²) in [5.41, 5.74) is 1.77. The van der Waals surface area contributed by atoms with Crippen LogP contribution in [0, 0.1) is 0 Å². The minimum absolute atomic E-state index is 0.0856. The summed E-state index contributed by atoms with van der Waals surface area (Å²) in [6.45, 7) is 4.95. The van der Waals surface area contributed by atoms with Crippen LogP contribution in [0.3, 0.4) is 0 Å². The fraction of sp³-hybridized carbons (Fsp3) is 0.409. The number of allylic oxidation sites excluding steroid dienone is 1. The second-order valence-corrected chi connectivity index (χ2v) is 7.62. The van der Waals surface area contributed by atoms with Crippen LogP contribution in [0.15, 0.2) is 30.9 Å². The van der Waals surface area contributed by atoms with Gasteiger partial charge in [-0.3, -0.25) is 14.4 Å². The molecule has 0 saturated carbocycles. The molecule has 1 fully saturated rings. The number of nitrogens with one attached hydrogen (secondary N) is 1. The van der Waals surface area contributed by atoms with Crippen molar-refractivity contribution in [3.63, 3.8) is 0 Å². The molecule has 3 rings (SSSR count). The van der Waals surface area contributed by atoms with Gasteiger partial charge in [0, 0.05) is 38.0 Å². The molecule has 1 aromatic heterocycles. The summed E-state index contributed by atoms with van der Waals surface area (Å²) in [4.78, 5) is 52.6. The number of benzene rings is 1. The van der Waals surface area contributed by atoms with Gasteiger partial charge in [-0.15, -0.1) is 6.58 Å². The van der Waals surface area contributed by atoms with E-state index in [1.54, 1.807) is 24.3 Å². The molecule has 0 radical (unpaired) electrons. The van der Waals surface area contributed by atoms with Gasteiger partial charge in [0.15, 0.2) is 0 Å². The van der Waals surface area contributed by atoms with E-state index in [0.717, 1.165) is 5.52 Å². The van der Waals surface area contributed by atoms with Gasteiger partial charge >= 0.3 is 11.9 Å². The number of carbonyl (C=O) groups is 4. The second kappa shape index (κ2) is 10.1. The molecule has 1 aromatic carbocycles. The highest BCUT2D eigenvalue weighted by Gasteiger charge is 2.34. The first-order valence-corrected chi connectivity index (χ1v) is 10.4. The van der Waals surface area contributed by atoms with Gasteiger partial charge < -0.3 is 25.0 Å². The topological polar surface area (TPSA) is 142 Å². The first-order chi connectivity index (χ1) is 15.3. The summed E-state index contributed by atoms with van der Waals surface area (Å²) in [5.74, 6) is -2.01. The van der Waals surface area contributed by atoms with Crippen molar-refractivity contribution < 1.29 is 29.4 Å². The van der Waals surface area contributed by atoms with E-state index in [9.17, 15) is 24.3 Å². The smallest absolute Gasteiger partial charge is 0.326 e. The van der Waals surface area contributed by atoms with Crippen LogP contribution in [0.2, 0.25) is 0 Å². The molecule has 10 heteroatoms. The van der Waals surface area contributed by atoms with E-state index in [0.29, 0.717) is 55.8 Å². The highest BCUT2D eigenvalue weighted by Crippen LogP contribution is 2.23. The third-order valence-corrected chi connectivity index (χ3v) is 5.42. The molecule has 0 spiro atoms. The van der Waals surface area contributed by atoms with Gasteiger partial charge in [-0.2, -0.15) is 0 Å². The van der Waals surface area contributed by atoms with Crippen LogP contribution in [0.5, 0.6) is 0 Å². The summed E-state index contributed by atoms with van der Waals surface area (Å²) in [7, 11) is 0.